The van der Waals surface area contributed by atoms with Gasteiger partial charge in [0.25, 0.3) is 5.69 Å². The second-order valence-corrected chi connectivity index (χ2v) is 5.13. The molecule has 1 N–H and O–H groups in total. The number of likely N-dealkylation sites (tertiary alicyclic amines) is 1. The SMILES string of the molecule is CO[C@@H]1CCCN(C(=O)Nc2ccc([N+](=O)[O-])c(C)c2)C1. The summed E-state index contributed by atoms with van der Waals surface area (Å²) >= 11 is 0. The Bertz CT molecular complexity index is 547. The highest BCUT2D eigenvalue weighted by Crippen LogP contribution is 2.22. The van der Waals surface area contributed by atoms with Gasteiger partial charge in [0.2, 0.25) is 0 Å². The van der Waals surface area contributed by atoms with E-state index in [2.05, 4.69) is 5.32 Å². The molecule has 0 spiro atoms. The van der Waals surface area contributed by atoms with Crippen LogP contribution >= 0.6 is 0 Å². The number of nitrogens with zero attached hydrogens (tertiary/aromatic N) is 2. The summed E-state index contributed by atoms with van der Waals surface area (Å²) in [4.78, 5) is 24.2. The minimum Gasteiger partial charge on any atom is -0.380 e. The van der Waals surface area contributed by atoms with Gasteiger partial charge in [0, 0.05) is 37.5 Å². The molecule has 0 saturated carbocycles. The van der Waals surface area contributed by atoms with Gasteiger partial charge in [0.15, 0.2) is 0 Å². The number of methoxy groups -OCH3 is 1. The van der Waals surface area contributed by atoms with Crippen LogP contribution in [-0.4, -0.2) is 42.2 Å². The van der Waals surface area contributed by atoms with Gasteiger partial charge in [-0.05, 0) is 31.9 Å². The van der Waals surface area contributed by atoms with Crippen LogP contribution in [-0.2, 0) is 4.74 Å². The van der Waals surface area contributed by atoms with Gasteiger partial charge >= 0.3 is 6.03 Å². The molecule has 0 aliphatic carbocycles. The fourth-order valence-corrected chi connectivity index (χ4v) is 2.46. The molecular formula is C14H19N3O4. The fourth-order valence-electron chi connectivity index (χ4n) is 2.46. The van der Waals surface area contributed by atoms with E-state index in [4.69, 9.17) is 4.74 Å². The molecule has 7 heteroatoms. The zero-order valence-electron chi connectivity index (χ0n) is 12.2. The summed E-state index contributed by atoms with van der Waals surface area (Å²) in [6.07, 6.45) is 1.94. The monoisotopic (exact) mass is 293 g/mol. The summed E-state index contributed by atoms with van der Waals surface area (Å²) in [5, 5.41) is 13.5. The summed E-state index contributed by atoms with van der Waals surface area (Å²) in [7, 11) is 1.64. The third-order valence-corrected chi connectivity index (χ3v) is 3.64. The molecule has 1 fully saturated rings. The third-order valence-electron chi connectivity index (χ3n) is 3.64. The number of anilines is 1. The molecule has 1 aliphatic rings. The van der Waals surface area contributed by atoms with Crippen molar-refractivity contribution in [3.05, 3.63) is 33.9 Å². The second kappa shape index (κ2) is 6.53. The molecule has 0 aromatic heterocycles. The smallest absolute Gasteiger partial charge is 0.321 e. The molecule has 0 bridgehead atoms. The number of benzene rings is 1. The number of hydrogen-bond acceptors (Lipinski definition) is 4. The molecule has 21 heavy (non-hydrogen) atoms. The maximum atomic E-state index is 12.2. The first-order valence-corrected chi connectivity index (χ1v) is 6.85. The highest BCUT2D eigenvalue weighted by Gasteiger charge is 2.23. The van der Waals surface area contributed by atoms with E-state index < -0.39 is 4.92 Å². The van der Waals surface area contributed by atoms with Crippen molar-refractivity contribution in [1.29, 1.82) is 0 Å². The molecule has 0 radical (unpaired) electrons. The van der Waals surface area contributed by atoms with Crippen LogP contribution in [0.2, 0.25) is 0 Å². The largest absolute Gasteiger partial charge is 0.380 e. The third kappa shape index (κ3) is 3.69. The summed E-state index contributed by atoms with van der Waals surface area (Å²) < 4.78 is 5.29. The van der Waals surface area contributed by atoms with Crippen molar-refractivity contribution in [3.63, 3.8) is 0 Å². The molecule has 1 heterocycles. The Kier molecular flexibility index (Phi) is 4.74. The molecule has 1 aromatic rings. The van der Waals surface area contributed by atoms with E-state index in [1.807, 2.05) is 0 Å². The summed E-state index contributed by atoms with van der Waals surface area (Å²) in [6.45, 7) is 2.90. The Morgan fingerprint density at radius 3 is 2.90 bits per heavy atom. The predicted octanol–water partition coefficient (Wildman–Crippen LogP) is 2.55. The van der Waals surface area contributed by atoms with Crippen molar-refractivity contribution in [2.24, 2.45) is 0 Å². The summed E-state index contributed by atoms with van der Waals surface area (Å²) in [5.74, 6) is 0. The average molecular weight is 293 g/mol. The molecule has 7 nitrogen and oxygen atoms in total. The number of nitrogens with one attached hydrogen (secondary N) is 1. The lowest BCUT2D eigenvalue weighted by molar-refractivity contribution is -0.385. The van der Waals surface area contributed by atoms with Crippen LogP contribution in [0.15, 0.2) is 18.2 Å². The Labute approximate surface area is 123 Å². The van der Waals surface area contributed by atoms with Crippen molar-refractivity contribution in [1.82, 2.24) is 4.90 Å². The number of piperidine rings is 1. The molecule has 0 unspecified atom stereocenters. The van der Waals surface area contributed by atoms with E-state index in [1.165, 1.54) is 6.07 Å². The van der Waals surface area contributed by atoms with E-state index in [1.54, 1.807) is 31.1 Å². The van der Waals surface area contributed by atoms with Crippen molar-refractivity contribution >= 4 is 17.4 Å². The summed E-state index contributed by atoms with van der Waals surface area (Å²) in [5.41, 5.74) is 1.12. The molecule has 1 aromatic carbocycles. The van der Waals surface area contributed by atoms with Crippen LogP contribution in [0, 0.1) is 17.0 Å². The van der Waals surface area contributed by atoms with Gasteiger partial charge in [-0.1, -0.05) is 0 Å². The van der Waals surface area contributed by atoms with Crippen molar-refractivity contribution in [2.75, 3.05) is 25.5 Å². The van der Waals surface area contributed by atoms with E-state index in [9.17, 15) is 14.9 Å². The van der Waals surface area contributed by atoms with Gasteiger partial charge in [-0.2, -0.15) is 0 Å². The van der Waals surface area contributed by atoms with Gasteiger partial charge in [0.1, 0.15) is 0 Å². The lowest BCUT2D eigenvalue weighted by Gasteiger charge is -2.31. The zero-order chi connectivity index (χ0) is 15.4. The first-order chi connectivity index (χ1) is 10.0. The summed E-state index contributed by atoms with van der Waals surface area (Å²) in [6, 6.07) is 4.35. The van der Waals surface area contributed by atoms with Gasteiger partial charge < -0.3 is 15.0 Å². The second-order valence-electron chi connectivity index (χ2n) is 5.13. The number of nitro benzene ring substituents is 1. The van der Waals surface area contributed by atoms with Crippen LogP contribution < -0.4 is 5.32 Å². The normalized spacial score (nSPS) is 18.4. The van der Waals surface area contributed by atoms with E-state index in [0.29, 0.717) is 24.3 Å². The Balaban J connectivity index is 2.02. The standard InChI is InChI=1S/C14H19N3O4/c1-10-8-11(5-6-13(10)17(19)20)15-14(18)16-7-3-4-12(9-16)21-2/h5-6,8,12H,3-4,7,9H2,1-2H3,(H,15,18)/t12-/m1/s1. The molecule has 1 atom stereocenters. The Morgan fingerprint density at radius 1 is 1.52 bits per heavy atom. The van der Waals surface area contributed by atoms with Crippen LogP contribution in [0.3, 0.4) is 0 Å². The molecule has 114 valence electrons. The number of aryl methyl sites for hydroxylation is 1. The van der Waals surface area contributed by atoms with Gasteiger partial charge in [-0.25, -0.2) is 4.79 Å². The highest BCUT2D eigenvalue weighted by atomic mass is 16.6. The molecule has 1 aliphatic heterocycles. The number of carbonyl (C=O) groups excluding carboxylic acids is 1. The minimum absolute atomic E-state index is 0.0467. The number of nitro groups is 1. The van der Waals surface area contributed by atoms with Gasteiger partial charge in [0.05, 0.1) is 11.0 Å². The number of ether oxygens (including phenoxy) is 1. The number of urea groups is 1. The average Bonchev–Trinajstić information content (AvgIpc) is 2.47. The van der Waals surface area contributed by atoms with Crippen molar-refractivity contribution in [3.8, 4) is 0 Å². The van der Waals surface area contributed by atoms with Crippen LogP contribution in [0.5, 0.6) is 0 Å². The number of amides is 2. The van der Waals surface area contributed by atoms with Gasteiger partial charge in [-0.3, -0.25) is 10.1 Å². The van der Waals surface area contributed by atoms with Crippen LogP contribution in [0.25, 0.3) is 0 Å². The van der Waals surface area contributed by atoms with E-state index in [-0.39, 0.29) is 17.8 Å². The Hall–Kier alpha value is -2.15. The first kappa shape index (κ1) is 15.2. The quantitative estimate of drug-likeness (QED) is 0.685. The topological polar surface area (TPSA) is 84.7 Å². The maximum absolute atomic E-state index is 12.2. The minimum atomic E-state index is -0.436. The highest BCUT2D eigenvalue weighted by molar-refractivity contribution is 5.89. The molecular weight excluding hydrogens is 274 g/mol. The number of hydrogen-bond donors (Lipinski definition) is 1. The lowest BCUT2D eigenvalue weighted by Crippen LogP contribution is -2.44. The van der Waals surface area contributed by atoms with Crippen LogP contribution in [0.1, 0.15) is 18.4 Å². The lowest BCUT2D eigenvalue weighted by atomic mass is 10.1. The zero-order valence-corrected chi connectivity index (χ0v) is 12.2. The van der Waals surface area contributed by atoms with E-state index >= 15 is 0 Å². The number of rotatable bonds is 3. The predicted molar refractivity (Wildman–Crippen MR) is 78.5 cm³/mol. The van der Waals surface area contributed by atoms with Crippen molar-refractivity contribution < 1.29 is 14.5 Å². The molecule has 2 amide bonds. The number of carbonyl (C=O) groups is 1. The molecule has 2 rings (SSSR count). The maximum Gasteiger partial charge on any atom is 0.321 e. The van der Waals surface area contributed by atoms with Crippen LogP contribution in [0.4, 0.5) is 16.2 Å². The fraction of sp³-hybridized carbons (Fsp3) is 0.500. The molecule has 1 saturated heterocycles. The van der Waals surface area contributed by atoms with E-state index in [0.717, 1.165) is 12.8 Å². The van der Waals surface area contributed by atoms with Gasteiger partial charge in [-0.15, -0.1) is 0 Å². The first-order valence-electron chi connectivity index (χ1n) is 6.85. The Morgan fingerprint density at radius 2 is 2.29 bits per heavy atom. The van der Waals surface area contributed by atoms with Crippen molar-refractivity contribution in [2.45, 2.75) is 25.9 Å².